The summed E-state index contributed by atoms with van der Waals surface area (Å²) < 4.78 is 3.18. The third kappa shape index (κ3) is 8.78. The van der Waals surface area contributed by atoms with E-state index >= 15 is 0 Å². The first-order valence-electron chi connectivity index (χ1n) is 3.03. The Morgan fingerprint density at radius 2 is 2.33 bits per heavy atom. The highest BCUT2D eigenvalue weighted by atomic mass is 127. The summed E-state index contributed by atoms with van der Waals surface area (Å²) in [6.45, 7) is 4.76. The van der Waals surface area contributed by atoms with E-state index in [9.17, 15) is 0 Å². The van der Waals surface area contributed by atoms with Crippen LogP contribution in [0.1, 0.15) is 19.3 Å². The van der Waals surface area contributed by atoms with Crippen molar-refractivity contribution in [3.63, 3.8) is 0 Å². The van der Waals surface area contributed by atoms with Crippen molar-refractivity contribution in [1.29, 1.82) is 0 Å². The predicted octanol–water partition coefficient (Wildman–Crippen LogP) is 2.93. The molecule has 9 heavy (non-hydrogen) atoms. The van der Waals surface area contributed by atoms with E-state index < -0.39 is 0 Å². The summed E-state index contributed by atoms with van der Waals surface area (Å²) in [5, 5.41) is 0. The second-order valence-electron chi connectivity index (χ2n) is 1.76. The molecule has 54 valence electrons. The Balaban J connectivity index is 2.66. The van der Waals surface area contributed by atoms with Crippen LogP contribution in [0.5, 0.6) is 0 Å². The third-order valence-corrected chi connectivity index (χ3v) is 2.24. The lowest BCUT2D eigenvalue weighted by atomic mass is 10.2. The van der Waals surface area contributed by atoms with E-state index in [-0.39, 0.29) is 0 Å². The molecule has 0 saturated heterocycles. The van der Waals surface area contributed by atoms with E-state index in [4.69, 9.17) is 0 Å². The molecule has 0 atom stereocenters. The second-order valence-corrected chi connectivity index (χ2v) is 3.52. The Morgan fingerprint density at radius 1 is 1.56 bits per heavy atom. The summed E-state index contributed by atoms with van der Waals surface area (Å²) in [6.07, 6.45) is 5.63. The summed E-state index contributed by atoms with van der Waals surface area (Å²) >= 11 is 2.23. The highest BCUT2D eigenvalue weighted by Gasteiger charge is 1.83. The molecule has 0 aromatic rings. The Labute approximate surface area is 73.4 Å². The number of nitrogens with one attached hydrogen (secondary N) is 1. The minimum atomic E-state index is 1.11. The van der Waals surface area contributed by atoms with Gasteiger partial charge >= 0.3 is 0 Å². The SMILES string of the molecule is C=CCCCCNSI. The van der Waals surface area contributed by atoms with Crippen molar-refractivity contribution >= 4 is 30.3 Å². The van der Waals surface area contributed by atoms with Gasteiger partial charge in [-0.3, -0.25) is 4.72 Å². The summed E-state index contributed by atoms with van der Waals surface area (Å²) in [6, 6.07) is 0. The van der Waals surface area contributed by atoms with Crippen LogP contribution in [0.3, 0.4) is 0 Å². The van der Waals surface area contributed by atoms with E-state index in [2.05, 4.69) is 32.5 Å². The minimum absolute atomic E-state index is 1.11. The molecule has 0 aromatic heterocycles. The van der Waals surface area contributed by atoms with Crippen molar-refractivity contribution in [2.45, 2.75) is 19.3 Å². The first kappa shape index (κ1) is 9.78. The molecule has 0 aromatic carbocycles. The van der Waals surface area contributed by atoms with Crippen molar-refractivity contribution in [1.82, 2.24) is 4.72 Å². The minimum Gasteiger partial charge on any atom is -0.255 e. The van der Waals surface area contributed by atoms with Gasteiger partial charge in [0.15, 0.2) is 0 Å². The summed E-state index contributed by atoms with van der Waals surface area (Å²) in [4.78, 5) is 0. The van der Waals surface area contributed by atoms with Gasteiger partial charge in [-0.05, 0) is 28.4 Å². The fourth-order valence-corrected chi connectivity index (χ4v) is 1.41. The molecule has 0 heterocycles. The van der Waals surface area contributed by atoms with Gasteiger partial charge in [-0.2, -0.15) is 0 Å². The molecule has 0 bridgehead atoms. The first-order valence-corrected chi connectivity index (χ1v) is 6.39. The van der Waals surface area contributed by atoms with Crippen LogP contribution in [0.4, 0.5) is 0 Å². The van der Waals surface area contributed by atoms with Gasteiger partial charge in [0.1, 0.15) is 0 Å². The van der Waals surface area contributed by atoms with Crippen molar-refractivity contribution in [3.8, 4) is 0 Å². The number of hydrogen-bond donors (Lipinski definition) is 1. The molecule has 0 radical (unpaired) electrons. The molecular weight excluding hydrogens is 245 g/mol. The molecule has 0 aliphatic carbocycles. The normalized spacial score (nSPS) is 9.44. The Morgan fingerprint density at radius 3 is 2.89 bits per heavy atom. The van der Waals surface area contributed by atoms with Gasteiger partial charge in [0.05, 0.1) is 0 Å². The molecule has 0 saturated carbocycles. The lowest BCUT2D eigenvalue weighted by Gasteiger charge is -1.95. The number of hydrogen-bond acceptors (Lipinski definition) is 2. The zero-order valence-corrected chi connectivity index (χ0v) is 8.37. The Kier molecular flexibility index (Phi) is 9.54. The molecule has 0 rings (SSSR count). The predicted molar refractivity (Wildman–Crippen MR) is 53.7 cm³/mol. The van der Waals surface area contributed by atoms with Crippen LogP contribution in [-0.2, 0) is 0 Å². The van der Waals surface area contributed by atoms with E-state index in [0.29, 0.717) is 0 Å². The van der Waals surface area contributed by atoms with Crippen molar-refractivity contribution in [3.05, 3.63) is 12.7 Å². The maximum atomic E-state index is 3.65. The van der Waals surface area contributed by atoms with Gasteiger partial charge in [-0.15, -0.1) is 6.58 Å². The fourth-order valence-electron chi connectivity index (χ4n) is 0.524. The zero-order chi connectivity index (χ0) is 6.95. The zero-order valence-electron chi connectivity index (χ0n) is 5.40. The van der Waals surface area contributed by atoms with Crippen LogP contribution in [0.2, 0.25) is 0 Å². The molecule has 0 aliphatic heterocycles. The number of halogens is 1. The van der Waals surface area contributed by atoms with Crippen LogP contribution in [0, 0.1) is 0 Å². The smallest absolute Gasteiger partial charge is 0.0143 e. The highest BCUT2D eigenvalue weighted by molar-refractivity contribution is 14.2. The van der Waals surface area contributed by atoms with Crippen LogP contribution in [0.15, 0.2) is 12.7 Å². The molecule has 0 amide bonds. The Bertz CT molecular complexity index is 68.1. The molecule has 0 aliphatic rings. The number of rotatable bonds is 6. The maximum absolute atomic E-state index is 3.65. The van der Waals surface area contributed by atoms with Gasteiger partial charge in [-0.25, -0.2) is 0 Å². The van der Waals surface area contributed by atoms with Gasteiger partial charge in [0.2, 0.25) is 0 Å². The molecular formula is C6H12INS. The Hall–Kier alpha value is 0.780. The van der Waals surface area contributed by atoms with Gasteiger partial charge < -0.3 is 0 Å². The lowest BCUT2D eigenvalue weighted by molar-refractivity contribution is 0.738. The standard InChI is InChI=1S/C6H12INS/c1-2-3-4-5-6-8-9-7/h2,8H,1,3-6H2. The van der Waals surface area contributed by atoms with Crippen LogP contribution < -0.4 is 4.72 Å². The van der Waals surface area contributed by atoms with Gasteiger partial charge in [0.25, 0.3) is 0 Å². The monoisotopic (exact) mass is 257 g/mol. The number of allylic oxidation sites excluding steroid dienone is 1. The lowest BCUT2D eigenvalue weighted by Crippen LogP contribution is -2.01. The summed E-state index contributed by atoms with van der Waals surface area (Å²) in [7, 11) is 1.65. The fraction of sp³-hybridized carbons (Fsp3) is 0.667. The molecule has 3 heteroatoms. The summed E-state index contributed by atoms with van der Waals surface area (Å²) in [5.74, 6) is 0. The van der Waals surface area contributed by atoms with Crippen molar-refractivity contribution in [2.24, 2.45) is 0 Å². The highest BCUT2D eigenvalue weighted by Crippen LogP contribution is 2.04. The molecule has 1 N–H and O–H groups in total. The first-order chi connectivity index (χ1) is 4.41. The molecule has 0 spiro atoms. The second kappa shape index (κ2) is 8.78. The van der Waals surface area contributed by atoms with E-state index in [1.54, 1.807) is 9.12 Å². The van der Waals surface area contributed by atoms with E-state index in [1.165, 1.54) is 12.8 Å². The van der Waals surface area contributed by atoms with E-state index in [1.807, 2.05) is 6.08 Å². The van der Waals surface area contributed by atoms with Gasteiger partial charge in [0, 0.05) is 27.8 Å². The third-order valence-electron chi connectivity index (χ3n) is 0.992. The van der Waals surface area contributed by atoms with Crippen molar-refractivity contribution < 1.29 is 0 Å². The molecule has 0 fully saturated rings. The van der Waals surface area contributed by atoms with E-state index in [0.717, 1.165) is 13.0 Å². The average molecular weight is 257 g/mol. The van der Waals surface area contributed by atoms with Crippen LogP contribution in [-0.4, -0.2) is 6.54 Å². The largest absolute Gasteiger partial charge is 0.255 e. The van der Waals surface area contributed by atoms with Crippen LogP contribution >= 0.6 is 30.3 Å². The quantitative estimate of drug-likeness (QED) is 0.340. The molecule has 1 nitrogen and oxygen atoms in total. The molecule has 0 unspecified atom stereocenters. The van der Waals surface area contributed by atoms with Crippen LogP contribution in [0.25, 0.3) is 0 Å². The van der Waals surface area contributed by atoms with Gasteiger partial charge in [-0.1, -0.05) is 6.08 Å². The summed E-state index contributed by atoms with van der Waals surface area (Å²) in [5.41, 5.74) is 0. The average Bonchev–Trinajstić information content (AvgIpc) is 1.89. The number of unbranched alkanes of at least 4 members (excludes halogenated alkanes) is 2. The topological polar surface area (TPSA) is 12.0 Å². The maximum Gasteiger partial charge on any atom is 0.0143 e. The van der Waals surface area contributed by atoms with Crippen molar-refractivity contribution in [2.75, 3.05) is 6.54 Å².